The van der Waals surface area contributed by atoms with Gasteiger partial charge < -0.3 is 10.2 Å². The molecule has 0 spiro atoms. The van der Waals surface area contributed by atoms with Crippen molar-refractivity contribution in [2.24, 2.45) is 5.92 Å². The van der Waals surface area contributed by atoms with E-state index in [1.165, 1.54) is 17.7 Å². The molecule has 180 valence electrons. The van der Waals surface area contributed by atoms with Gasteiger partial charge in [-0.05, 0) is 48.9 Å². The smallest absolute Gasteiger partial charge is 0.245 e. The molecule has 8 nitrogen and oxygen atoms in total. The number of benzene rings is 1. The molecule has 6 rings (SSSR count). The second-order valence-corrected chi connectivity index (χ2v) is 10.1. The molecule has 2 aliphatic carbocycles. The Morgan fingerprint density at radius 2 is 2.00 bits per heavy atom. The van der Waals surface area contributed by atoms with Gasteiger partial charge >= 0.3 is 0 Å². The van der Waals surface area contributed by atoms with Crippen LogP contribution in [0, 0.1) is 11.7 Å². The second-order valence-electron chi connectivity index (χ2n) is 9.65. The van der Waals surface area contributed by atoms with Gasteiger partial charge in [0.2, 0.25) is 11.8 Å². The van der Waals surface area contributed by atoms with Crippen molar-refractivity contribution >= 4 is 40.2 Å². The maximum Gasteiger partial charge on any atom is 0.245 e. The normalized spacial score (nSPS) is 26.5. The first kappa shape index (κ1) is 22.2. The molecule has 3 heterocycles. The van der Waals surface area contributed by atoms with Crippen LogP contribution in [0.4, 0.5) is 4.39 Å². The molecule has 35 heavy (non-hydrogen) atoms. The van der Waals surface area contributed by atoms with Crippen molar-refractivity contribution in [1.29, 1.82) is 0 Å². The summed E-state index contributed by atoms with van der Waals surface area (Å²) >= 11 is 5.90. The molecule has 10 heteroatoms. The van der Waals surface area contributed by atoms with Gasteiger partial charge in [-0.1, -0.05) is 23.7 Å². The summed E-state index contributed by atoms with van der Waals surface area (Å²) < 4.78 is 15.8. The highest BCUT2D eigenvalue weighted by Crippen LogP contribution is 2.49. The Balaban J connectivity index is 1.17. The van der Waals surface area contributed by atoms with Gasteiger partial charge in [0, 0.05) is 31.1 Å². The van der Waals surface area contributed by atoms with Gasteiger partial charge in [-0.25, -0.2) is 14.1 Å². The predicted molar refractivity (Wildman–Crippen MR) is 125 cm³/mol. The molecule has 1 aromatic carbocycles. The largest absolute Gasteiger partial charge is 0.351 e. The molecule has 0 bridgehead atoms. The van der Waals surface area contributed by atoms with Crippen LogP contribution in [0.3, 0.4) is 0 Å². The number of nitrogens with zero attached hydrogens (tertiary/aromatic N) is 4. The summed E-state index contributed by atoms with van der Waals surface area (Å²) in [5, 5.41) is 8.01. The molecule has 3 aromatic rings. The lowest BCUT2D eigenvalue weighted by atomic mass is 10.1. The van der Waals surface area contributed by atoms with Gasteiger partial charge in [0.25, 0.3) is 0 Å². The van der Waals surface area contributed by atoms with Crippen molar-refractivity contribution in [2.45, 2.75) is 56.8 Å². The van der Waals surface area contributed by atoms with E-state index in [9.17, 15) is 18.8 Å². The lowest BCUT2D eigenvalue weighted by molar-refractivity contribution is -0.140. The molecule has 1 N–H and O–H groups in total. The quantitative estimate of drug-likeness (QED) is 0.530. The molecular formula is C25H23ClFN5O3. The third kappa shape index (κ3) is 3.78. The standard InChI is InChI=1S/C25H23ClFN5O3/c1-12(33)23-15-5-3-7-28-24(15)31(30-23)11-21(34)32-19-8-13(19)9-20(32)25(35)29-18-10-16(18)14-4-2-6-17(26)22(14)27/h2-7,13,16,18-20H,8-11H2,1H3,(H,29,35)/t13-,16-,18+,19?,20+/m1/s1. The molecule has 1 aliphatic heterocycles. The summed E-state index contributed by atoms with van der Waals surface area (Å²) in [6.07, 6.45) is 3.72. The van der Waals surface area contributed by atoms with E-state index in [2.05, 4.69) is 15.4 Å². The summed E-state index contributed by atoms with van der Waals surface area (Å²) in [5.74, 6) is -0.897. The van der Waals surface area contributed by atoms with Crippen LogP contribution >= 0.6 is 11.6 Å². The van der Waals surface area contributed by atoms with Crippen molar-refractivity contribution < 1.29 is 18.8 Å². The van der Waals surface area contributed by atoms with E-state index in [1.807, 2.05) is 0 Å². The van der Waals surface area contributed by atoms with Crippen LogP contribution in [0.15, 0.2) is 36.5 Å². The first-order valence-electron chi connectivity index (χ1n) is 11.7. The minimum Gasteiger partial charge on any atom is -0.351 e. The van der Waals surface area contributed by atoms with E-state index < -0.39 is 11.9 Å². The van der Waals surface area contributed by atoms with Gasteiger partial charge in [0.15, 0.2) is 11.4 Å². The number of hydrogen-bond acceptors (Lipinski definition) is 5. The Kier molecular flexibility index (Phi) is 5.14. The third-order valence-electron chi connectivity index (χ3n) is 7.32. The van der Waals surface area contributed by atoms with Crippen molar-refractivity contribution in [2.75, 3.05) is 0 Å². The molecular weight excluding hydrogens is 473 g/mol. The number of piperidine rings is 1. The zero-order valence-electron chi connectivity index (χ0n) is 18.9. The number of Topliss-reactive ketones (excluding diaryl/α,β-unsaturated/α-hetero) is 1. The number of aromatic nitrogens is 3. The van der Waals surface area contributed by atoms with Crippen molar-refractivity contribution in [3.8, 4) is 0 Å². The van der Waals surface area contributed by atoms with E-state index in [0.29, 0.717) is 35.4 Å². The zero-order valence-corrected chi connectivity index (χ0v) is 19.7. The number of hydrogen-bond donors (Lipinski definition) is 1. The molecule has 3 aliphatic rings. The van der Waals surface area contributed by atoms with E-state index in [-0.39, 0.29) is 52.9 Å². The average Bonchev–Trinajstić information content (AvgIpc) is 3.71. The molecule has 3 fully saturated rings. The van der Waals surface area contributed by atoms with Gasteiger partial charge in [0.1, 0.15) is 24.1 Å². The summed E-state index contributed by atoms with van der Waals surface area (Å²) in [7, 11) is 0. The van der Waals surface area contributed by atoms with Crippen LogP contribution in [-0.4, -0.2) is 55.4 Å². The number of carbonyl (C=O) groups excluding carboxylic acids is 3. The summed E-state index contributed by atoms with van der Waals surface area (Å²) in [6.45, 7) is 1.32. The minimum absolute atomic E-state index is 0.0423. The SMILES string of the molecule is CC(=O)c1nn(CC(=O)N2C3C[C@@H]3C[C@H]2C(=O)N[C@H]2C[C@@H]2c2cccc(Cl)c2F)c2ncccc12. The Morgan fingerprint density at radius 1 is 1.17 bits per heavy atom. The fraction of sp³-hybridized carbons (Fsp3) is 0.400. The van der Waals surface area contributed by atoms with Crippen LogP contribution in [0.2, 0.25) is 5.02 Å². The van der Waals surface area contributed by atoms with E-state index in [1.54, 1.807) is 35.4 Å². The monoisotopic (exact) mass is 495 g/mol. The van der Waals surface area contributed by atoms with Crippen LogP contribution in [0.1, 0.15) is 48.2 Å². The van der Waals surface area contributed by atoms with Crippen molar-refractivity contribution in [3.05, 3.63) is 58.6 Å². The Morgan fingerprint density at radius 3 is 2.80 bits per heavy atom. The van der Waals surface area contributed by atoms with Crippen molar-refractivity contribution in [1.82, 2.24) is 25.0 Å². The van der Waals surface area contributed by atoms with Crippen LogP contribution in [0.25, 0.3) is 11.0 Å². The fourth-order valence-corrected chi connectivity index (χ4v) is 5.60. The summed E-state index contributed by atoms with van der Waals surface area (Å²) in [4.78, 5) is 44.5. The first-order valence-corrected chi connectivity index (χ1v) is 12.1. The number of fused-ring (bicyclic) bond motifs is 2. The molecule has 2 amide bonds. The maximum atomic E-state index is 14.4. The lowest BCUT2D eigenvalue weighted by Crippen LogP contribution is -2.49. The van der Waals surface area contributed by atoms with E-state index in [4.69, 9.17) is 11.6 Å². The highest BCUT2D eigenvalue weighted by molar-refractivity contribution is 6.30. The molecule has 0 radical (unpaired) electrons. The number of amides is 2. The van der Waals surface area contributed by atoms with Gasteiger partial charge in [0.05, 0.1) is 10.4 Å². The number of likely N-dealkylation sites (tertiary alicyclic amines) is 1. The Bertz CT molecular complexity index is 1390. The van der Waals surface area contributed by atoms with Crippen LogP contribution in [-0.2, 0) is 16.1 Å². The first-order chi connectivity index (χ1) is 16.8. The van der Waals surface area contributed by atoms with Crippen LogP contribution < -0.4 is 5.32 Å². The number of carbonyl (C=O) groups is 3. The Labute approximate surface area is 205 Å². The predicted octanol–water partition coefficient (Wildman–Crippen LogP) is 3.09. The van der Waals surface area contributed by atoms with E-state index >= 15 is 0 Å². The van der Waals surface area contributed by atoms with Crippen LogP contribution in [0.5, 0.6) is 0 Å². The van der Waals surface area contributed by atoms with Crippen molar-refractivity contribution in [3.63, 3.8) is 0 Å². The molecule has 1 saturated heterocycles. The minimum atomic E-state index is -0.571. The van der Waals surface area contributed by atoms with Gasteiger partial charge in [-0.15, -0.1) is 0 Å². The van der Waals surface area contributed by atoms with Gasteiger partial charge in [-0.3, -0.25) is 14.4 Å². The highest BCUT2D eigenvalue weighted by atomic mass is 35.5. The molecule has 5 atom stereocenters. The number of pyridine rings is 1. The third-order valence-corrected chi connectivity index (χ3v) is 7.61. The topological polar surface area (TPSA) is 97.2 Å². The fourth-order valence-electron chi connectivity index (χ4n) is 5.42. The average molecular weight is 496 g/mol. The number of ketones is 1. The van der Waals surface area contributed by atoms with Gasteiger partial charge in [-0.2, -0.15) is 5.10 Å². The molecule has 2 saturated carbocycles. The maximum absolute atomic E-state index is 14.4. The summed E-state index contributed by atoms with van der Waals surface area (Å²) in [5.41, 5.74) is 1.24. The Hall–Kier alpha value is -3.33. The highest BCUT2D eigenvalue weighted by Gasteiger charge is 2.56. The number of nitrogens with one attached hydrogen (secondary N) is 1. The zero-order chi connectivity index (χ0) is 24.4. The lowest BCUT2D eigenvalue weighted by Gasteiger charge is -2.27. The summed E-state index contributed by atoms with van der Waals surface area (Å²) in [6, 6.07) is 7.66. The second kappa shape index (κ2) is 8.12. The molecule has 2 aromatic heterocycles. The number of halogens is 2. The van der Waals surface area contributed by atoms with E-state index in [0.717, 1.165) is 6.42 Å². The molecule has 1 unspecified atom stereocenters. The number of rotatable bonds is 6.